The van der Waals surface area contributed by atoms with Gasteiger partial charge < -0.3 is 5.11 Å². The van der Waals surface area contributed by atoms with Crippen LogP contribution in [0.1, 0.15) is 40.5 Å². The van der Waals surface area contributed by atoms with Crippen LogP contribution in [-0.4, -0.2) is 11.2 Å². The average Bonchev–Trinajstić information content (AvgIpc) is 1.78. The maximum absolute atomic E-state index is 8.89. The van der Waals surface area contributed by atoms with E-state index in [1.54, 1.807) is 6.92 Å². The molecule has 0 radical (unpaired) electrons. The molecule has 0 rings (SSSR count). The first-order valence-electron chi connectivity index (χ1n) is 4.26. The fourth-order valence-corrected chi connectivity index (χ4v) is 0.810. The van der Waals surface area contributed by atoms with E-state index in [1.807, 2.05) is 6.08 Å². The van der Waals surface area contributed by atoms with Crippen LogP contribution in [0.15, 0.2) is 12.2 Å². The smallest absolute Gasteiger partial charge is 0.0692 e. The second-order valence-electron chi connectivity index (χ2n) is 4.27. The highest BCUT2D eigenvalue weighted by atomic mass is 16.3. The molecule has 0 bridgehead atoms. The third-order valence-electron chi connectivity index (χ3n) is 1.48. The zero-order chi connectivity index (χ0) is 8.91. The van der Waals surface area contributed by atoms with Crippen LogP contribution >= 0.6 is 0 Å². The Morgan fingerprint density at radius 1 is 1.36 bits per heavy atom. The number of aliphatic hydroxyl groups excluding tert-OH is 1. The molecule has 0 aromatic carbocycles. The van der Waals surface area contributed by atoms with E-state index in [4.69, 9.17) is 5.11 Å². The van der Waals surface area contributed by atoms with Crippen LogP contribution in [0.3, 0.4) is 0 Å². The van der Waals surface area contributed by atoms with Crippen molar-refractivity contribution in [2.45, 2.75) is 46.6 Å². The molecule has 0 aliphatic heterocycles. The second kappa shape index (κ2) is 4.55. The third kappa shape index (κ3) is 9.70. The zero-order valence-electron chi connectivity index (χ0n) is 8.09. The summed E-state index contributed by atoms with van der Waals surface area (Å²) >= 11 is 0. The van der Waals surface area contributed by atoms with E-state index in [2.05, 4.69) is 26.8 Å². The summed E-state index contributed by atoms with van der Waals surface area (Å²) in [5.74, 6) is 0. The van der Waals surface area contributed by atoms with E-state index in [0.717, 1.165) is 6.42 Å². The van der Waals surface area contributed by atoms with Crippen LogP contribution in [0.25, 0.3) is 0 Å². The van der Waals surface area contributed by atoms with Gasteiger partial charge in [0.1, 0.15) is 0 Å². The largest absolute Gasteiger partial charge is 0.389 e. The van der Waals surface area contributed by atoms with Crippen molar-refractivity contribution in [3.8, 4) is 0 Å². The van der Waals surface area contributed by atoms with Gasteiger partial charge in [0.2, 0.25) is 0 Å². The van der Waals surface area contributed by atoms with Crippen LogP contribution in [0, 0.1) is 5.41 Å². The Balaban J connectivity index is 3.42. The van der Waals surface area contributed by atoms with Crippen molar-refractivity contribution in [2.75, 3.05) is 0 Å². The van der Waals surface area contributed by atoms with Crippen LogP contribution in [-0.2, 0) is 0 Å². The minimum Gasteiger partial charge on any atom is -0.389 e. The van der Waals surface area contributed by atoms with Crippen molar-refractivity contribution < 1.29 is 5.11 Å². The number of allylic oxidation sites excluding steroid dienone is 1. The van der Waals surface area contributed by atoms with Crippen LogP contribution < -0.4 is 0 Å². The summed E-state index contributed by atoms with van der Waals surface area (Å²) in [4.78, 5) is 0. The lowest BCUT2D eigenvalue weighted by Crippen LogP contribution is -2.03. The SMILES string of the molecule is CC(O)/C=C/CCC(C)(C)C. The highest BCUT2D eigenvalue weighted by molar-refractivity contribution is 4.87. The Hall–Kier alpha value is -0.300. The van der Waals surface area contributed by atoms with Crippen molar-refractivity contribution in [2.24, 2.45) is 5.41 Å². The third-order valence-corrected chi connectivity index (χ3v) is 1.48. The fourth-order valence-electron chi connectivity index (χ4n) is 0.810. The summed E-state index contributed by atoms with van der Waals surface area (Å²) in [6.45, 7) is 8.45. The van der Waals surface area contributed by atoms with Crippen molar-refractivity contribution >= 4 is 0 Å². The molecule has 0 saturated carbocycles. The summed E-state index contributed by atoms with van der Waals surface area (Å²) < 4.78 is 0. The van der Waals surface area contributed by atoms with Gasteiger partial charge >= 0.3 is 0 Å². The van der Waals surface area contributed by atoms with Gasteiger partial charge in [-0.2, -0.15) is 0 Å². The maximum Gasteiger partial charge on any atom is 0.0692 e. The molecule has 0 aliphatic rings. The van der Waals surface area contributed by atoms with E-state index in [0.29, 0.717) is 5.41 Å². The number of hydrogen-bond donors (Lipinski definition) is 1. The summed E-state index contributed by atoms with van der Waals surface area (Å²) in [5, 5.41) is 8.89. The van der Waals surface area contributed by atoms with Gasteiger partial charge in [0.05, 0.1) is 6.10 Å². The van der Waals surface area contributed by atoms with Gasteiger partial charge in [-0.3, -0.25) is 0 Å². The summed E-state index contributed by atoms with van der Waals surface area (Å²) in [6.07, 6.45) is 5.83. The topological polar surface area (TPSA) is 20.2 Å². The first-order chi connectivity index (χ1) is 4.92. The normalized spacial score (nSPS) is 15.7. The van der Waals surface area contributed by atoms with E-state index in [-0.39, 0.29) is 6.10 Å². The lowest BCUT2D eigenvalue weighted by molar-refractivity contribution is 0.243. The molecule has 0 heterocycles. The Morgan fingerprint density at radius 3 is 2.27 bits per heavy atom. The molecule has 0 aromatic rings. The van der Waals surface area contributed by atoms with Gasteiger partial charge in [-0.05, 0) is 25.2 Å². The molecule has 1 N–H and O–H groups in total. The molecule has 1 atom stereocenters. The standard InChI is InChI=1S/C10H20O/c1-9(11)7-5-6-8-10(2,3)4/h5,7,9,11H,6,8H2,1-4H3/b7-5+. The maximum atomic E-state index is 8.89. The van der Waals surface area contributed by atoms with Gasteiger partial charge in [0.25, 0.3) is 0 Å². The molecular formula is C10H20O. The van der Waals surface area contributed by atoms with Crippen molar-refractivity contribution in [1.82, 2.24) is 0 Å². The summed E-state index contributed by atoms with van der Waals surface area (Å²) in [7, 11) is 0. The monoisotopic (exact) mass is 156 g/mol. The fraction of sp³-hybridized carbons (Fsp3) is 0.800. The van der Waals surface area contributed by atoms with Crippen LogP contribution in [0.4, 0.5) is 0 Å². The molecule has 1 heteroatoms. The van der Waals surface area contributed by atoms with E-state index < -0.39 is 0 Å². The molecular weight excluding hydrogens is 136 g/mol. The zero-order valence-corrected chi connectivity index (χ0v) is 8.09. The molecule has 1 unspecified atom stereocenters. The number of aliphatic hydroxyl groups is 1. The van der Waals surface area contributed by atoms with Crippen molar-refractivity contribution in [3.63, 3.8) is 0 Å². The summed E-state index contributed by atoms with van der Waals surface area (Å²) in [5.41, 5.74) is 0.406. The molecule has 11 heavy (non-hydrogen) atoms. The lowest BCUT2D eigenvalue weighted by Gasteiger charge is -2.15. The molecule has 0 amide bonds. The minimum absolute atomic E-state index is 0.296. The van der Waals surface area contributed by atoms with Gasteiger partial charge in [0, 0.05) is 0 Å². The first kappa shape index (κ1) is 10.7. The van der Waals surface area contributed by atoms with Crippen LogP contribution in [0.2, 0.25) is 0 Å². The molecule has 0 spiro atoms. The highest BCUT2D eigenvalue weighted by Crippen LogP contribution is 2.20. The average molecular weight is 156 g/mol. The molecule has 0 fully saturated rings. The molecule has 66 valence electrons. The predicted molar refractivity (Wildman–Crippen MR) is 49.5 cm³/mol. The highest BCUT2D eigenvalue weighted by Gasteiger charge is 2.07. The van der Waals surface area contributed by atoms with E-state index >= 15 is 0 Å². The number of hydrogen-bond acceptors (Lipinski definition) is 1. The first-order valence-corrected chi connectivity index (χ1v) is 4.26. The van der Waals surface area contributed by atoms with E-state index in [9.17, 15) is 0 Å². The number of rotatable bonds is 3. The van der Waals surface area contributed by atoms with E-state index in [1.165, 1.54) is 6.42 Å². The van der Waals surface area contributed by atoms with Gasteiger partial charge in [-0.1, -0.05) is 32.9 Å². The molecule has 0 aromatic heterocycles. The second-order valence-corrected chi connectivity index (χ2v) is 4.27. The molecule has 0 saturated heterocycles. The summed E-state index contributed by atoms with van der Waals surface area (Å²) in [6, 6.07) is 0. The van der Waals surface area contributed by atoms with Crippen molar-refractivity contribution in [1.29, 1.82) is 0 Å². The minimum atomic E-state index is -0.296. The Kier molecular flexibility index (Phi) is 4.43. The molecule has 1 nitrogen and oxygen atoms in total. The Morgan fingerprint density at radius 2 is 1.91 bits per heavy atom. The van der Waals surface area contributed by atoms with Crippen molar-refractivity contribution in [3.05, 3.63) is 12.2 Å². The lowest BCUT2D eigenvalue weighted by atomic mass is 9.90. The Bertz CT molecular complexity index is 117. The predicted octanol–water partition coefficient (Wildman–Crippen LogP) is 2.75. The van der Waals surface area contributed by atoms with Crippen LogP contribution in [0.5, 0.6) is 0 Å². The van der Waals surface area contributed by atoms with Gasteiger partial charge in [0.15, 0.2) is 0 Å². The molecule has 0 aliphatic carbocycles. The quantitative estimate of drug-likeness (QED) is 0.623. The van der Waals surface area contributed by atoms with Gasteiger partial charge in [-0.15, -0.1) is 0 Å². The van der Waals surface area contributed by atoms with Gasteiger partial charge in [-0.25, -0.2) is 0 Å². The Labute approximate surface area is 70.1 Å².